The van der Waals surface area contributed by atoms with Gasteiger partial charge in [-0.2, -0.15) is 0 Å². The molecule has 1 N–H and O–H groups in total. The van der Waals surface area contributed by atoms with E-state index in [9.17, 15) is 8.42 Å². The van der Waals surface area contributed by atoms with Crippen LogP contribution in [0.3, 0.4) is 0 Å². The molecule has 0 saturated heterocycles. The summed E-state index contributed by atoms with van der Waals surface area (Å²) in [5.41, 5.74) is 1.08. The van der Waals surface area contributed by atoms with E-state index in [2.05, 4.69) is 5.32 Å². The fourth-order valence-electron chi connectivity index (χ4n) is 2.39. The number of benzene rings is 1. The Hall–Kier alpha value is -0.870. The average molecular weight is 253 g/mol. The molecule has 1 fully saturated rings. The van der Waals surface area contributed by atoms with Crippen molar-refractivity contribution in [3.05, 3.63) is 29.8 Å². The van der Waals surface area contributed by atoms with Gasteiger partial charge in [0.15, 0.2) is 9.84 Å². The van der Waals surface area contributed by atoms with E-state index in [0.29, 0.717) is 10.8 Å². The molecular formula is C13H19NO2S. The van der Waals surface area contributed by atoms with Crippen molar-refractivity contribution < 1.29 is 8.42 Å². The second-order valence-electron chi connectivity index (χ2n) is 4.80. The lowest BCUT2D eigenvalue weighted by atomic mass is 9.77. The first-order valence-corrected chi connectivity index (χ1v) is 7.89. The van der Waals surface area contributed by atoms with Gasteiger partial charge in [0.25, 0.3) is 0 Å². The zero-order valence-electron chi connectivity index (χ0n) is 10.3. The summed E-state index contributed by atoms with van der Waals surface area (Å²) in [6, 6.07) is 7.58. The topological polar surface area (TPSA) is 46.2 Å². The fourth-order valence-corrected chi connectivity index (χ4v) is 3.06. The maximum absolute atomic E-state index is 11.5. The number of sulfone groups is 1. The maximum Gasteiger partial charge on any atom is 0.175 e. The maximum atomic E-state index is 11.5. The van der Waals surface area contributed by atoms with Gasteiger partial charge in [0, 0.05) is 12.3 Å². The van der Waals surface area contributed by atoms with Crippen molar-refractivity contribution in [1.29, 1.82) is 0 Å². The summed E-state index contributed by atoms with van der Waals surface area (Å²) in [7, 11) is -1.17. The first kappa shape index (κ1) is 12.6. The van der Waals surface area contributed by atoms with Crippen LogP contribution < -0.4 is 5.32 Å². The highest BCUT2D eigenvalue weighted by Gasteiger charge is 2.27. The summed E-state index contributed by atoms with van der Waals surface area (Å²) in [6.07, 6.45) is 5.00. The summed E-state index contributed by atoms with van der Waals surface area (Å²) in [4.78, 5) is 0.412. The van der Waals surface area contributed by atoms with Crippen molar-refractivity contribution in [2.45, 2.75) is 30.2 Å². The summed E-state index contributed by atoms with van der Waals surface area (Å²) >= 11 is 0. The third kappa shape index (κ3) is 2.69. The van der Waals surface area contributed by atoms with Crippen LogP contribution in [0, 0.1) is 5.92 Å². The average Bonchev–Trinajstić information content (AvgIpc) is 2.22. The number of rotatable bonds is 4. The number of hydrogen-bond acceptors (Lipinski definition) is 3. The number of hydrogen-bond donors (Lipinski definition) is 1. The predicted octanol–water partition coefficient (Wildman–Crippen LogP) is 2.15. The Bertz CT molecular complexity index is 492. The Balaban J connectivity index is 2.31. The molecule has 1 aliphatic carbocycles. The van der Waals surface area contributed by atoms with Gasteiger partial charge in [0.1, 0.15) is 0 Å². The second-order valence-corrected chi connectivity index (χ2v) is 6.82. The van der Waals surface area contributed by atoms with Crippen LogP contribution in [0.4, 0.5) is 0 Å². The van der Waals surface area contributed by atoms with Gasteiger partial charge in [-0.1, -0.05) is 18.6 Å². The van der Waals surface area contributed by atoms with Gasteiger partial charge in [-0.3, -0.25) is 0 Å². The summed E-state index contributed by atoms with van der Waals surface area (Å²) < 4.78 is 23.1. The van der Waals surface area contributed by atoms with Crippen LogP contribution in [0.15, 0.2) is 29.2 Å². The van der Waals surface area contributed by atoms with Gasteiger partial charge in [-0.15, -0.1) is 0 Å². The molecule has 4 heteroatoms. The van der Waals surface area contributed by atoms with Gasteiger partial charge >= 0.3 is 0 Å². The van der Waals surface area contributed by atoms with E-state index in [-0.39, 0.29) is 6.04 Å². The van der Waals surface area contributed by atoms with E-state index in [1.807, 2.05) is 19.2 Å². The SMILES string of the molecule is CNC(c1cccc(S(C)(=O)=O)c1)C1CCC1. The van der Waals surface area contributed by atoms with Crippen molar-refractivity contribution in [3.8, 4) is 0 Å². The minimum Gasteiger partial charge on any atom is -0.313 e. The Morgan fingerprint density at radius 2 is 2.06 bits per heavy atom. The lowest BCUT2D eigenvalue weighted by molar-refractivity contribution is 0.239. The molecule has 1 unspecified atom stereocenters. The third-order valence-corrected chi connectivity index (χ3v) is 4.69. The van der Waals surface area contributed by atoms with E-state index < -0.39 is 9.84 Å². The van der Waals surface area contributed by atoms with E-state index in [4.69, 9.17) is 0 Å². The first-order chi connectivity index (χ1) is 8.02. The quantitative estimate of drug-likeness (QED) is 0.894. The molecule has 0 aromatic heterocycles. The van der Waals surface area contributed by atoms with Crippen molar-refractivity contribution in [3.63, 3.8) is 0 Å². The predicted molar refractivity (Wildman–Crippen MR) is 68.7 cm³/mol. The standard InChI is InChI=1S/C13H19NO2S/c1-14-13(10-5-3-6-10)11-7-4-8-12(9-11)17(2,15)16/h4,7-10,13-14H,3,5-6H2,1-2H3. The molecule has 1 aromatic rings. The van der Waals surface area contributed by atoms with Gasteiger partial charge in [0.05, 0.1) is 4.90 Å². The Morgan fingerprint density at radius 1 is 1.35 bits per heavy atom. The van der Waals surface area contributed by atoms with Crippen LogP contribution in [0.2, 0.25) is 0 Å². The molecular weight excluding hydrogens is 234 g/mol. The van der Waals surface area contributed by atoms with Crippen LogP contribution in [0.25, 0.3) is 0 Å². The molecule has 1 aromatic carbocycles. The Kier molecular flexibility index (Phi) is 3.54. The normalized spacial score (nSPS) is 18.7. The smallest absolute Gasteiger partial charge is 0.175 e. The zero-order chi connectivity index (χ0) is 12.5. The minimum absolute atomic E-state index is 0.283. The fraction of sp³-hybridized carbons (Fsp3) is 0.538. The molecule has 0 heterocycles. The molecule has 2 rings (SSSR count). The zero-order valence-corrected chi connectivity index (χ0v) is 11.1. The van der Waals surface area contributed by atoms with Crippen LogP contribution in [0.1, 0.15) is 30.9 Å². The lowest BCUT2D eigenvalue weighted by Gasteiger charge is -2.34. The van der Waals surface area contributed by atoms with E-state index >= 15 is 0 Å². The highest BCUT2D eigenvalue weighted by atomic mass is 32.2. The van der Waals surface area contributed by atoms with Crippen molar-refractivity contribution >= 4 is 9.84 Å². The van der Waals surface area contributed by atoms with E-state index in [1.165, 1.54) is 25.5 Å². The molecule has 0 radical (unpaired) electrons. The molecule has 17 heavy (non-hydrogen) atoms. The molecule has 0 amide bonds. The summed E-state index contributed by atoms with van der Waals surface area (Å²) in [6.45, 7) is 0. The second kappa shape index (κ2) is 4.78. The first-order valence-electron chi connectivity index (χ1n) is 5.99. The Labute approximate surface area is 103 Å². The molecule has 3 nitrogen and oxygen atoms in total. The molecule has 1 atom stereocenters. The summed E-state index contributed by atoms with van der Waals surface area (Å²) in [5, 5.41) is 3.30. The lowest BCUT2D eigenvalue weighted by Crippen LogP contribution is -2.29. The molecule has 1 saturated carbocycles. The molecule has 94 valence electrons. The molecule has 0 bridgehead atoms. The van der Waals surface area contributed by atoms with Gasteiger partial charge in [-0.25, -0.2) is 8.42 Å². The molecule has 1 aliphatic rings. The van der Waals surface area contributed by atoms with Gasteiger partial charge in [0.2, 0.25) is 0 Å². The monoisotopic (exact) mass is 253 g/mol. The molecule has 0 spiro atoms. The van der Waals surface area contributed by atoms with E-state index in [1.54, 1.807) is 12.1 Å². The largest absolute Gasteiger partial charge is 0.313 e. The van der Waals surface area contributed by atoms with Crippen molar-refractivity contribution in [1.82, 2.24) is 5.32 Å². The van der Waals surface area contributed by atoms with Crippen LogP contribution >= 0.6 is 0 Å². The van der Waals surface area contributed by atoms with Crippen LogP contribution in [0.5, 0.6) is 0 Å². The van der Waals surface area contributed by atoms with Crippen LogP contribution in [-0.2, 0) is 9.84 Å². The summed E-state index contributed by atoms with van der Waals surface area (Å²) in [5.74, 6) is 0.648. The molecule has 0 aliphatic heterocycles. The van der Waals surface area contributed by atoms with Gasteiger partial charge in [-0.05, 0) is 43.5 Å². The van der Waals surface area contributed by atoms with E-state index in [0.717, 1.165) is 5.56 Å². The highest BCUT2D eigenvalue weighted by Crippen LogP contribution is 2.37. The van der Waals surface area contributed by atoms with Crippen molar-refractivity contribution in [2.75, 3.05) is 13.3 Å². The van der Waals surface area contributed by atoms with Gasteiger partial charge < -0.3 is 5.32 Å². The van der Waals surface area contributed by atoms with Crippen LogP contribution in [-0.4, -0.2) is 21.7 Å². The Morgan fingerprint density at radius 3 is 2.53 bits per heavy atom. The number of nitrogens with one attached hydrogen (secondary N) is 1. The minimum atomic E-state index is -3.11. The highest BCUT2D eigenvalue weighted by molar-refractivity contribution is 7.90. The third-order valence-electron chi connectivity index (χ3n) is 3.58. The van der Waals surface area contributed by atoms with Crippen molar-refractivity contribution in [2.24, 2.45) is 5.92 Å².